The van der Waals surface area contributed by atoms with Gasteiger partial charge in [0.2, 0.25) is 0 Å². The van der Waals surface area contributed by atoms with Crippen LogP contribution in [0.4, 0.5) is 5.69 Å². The lowest BCUT2D eigenvalue weighted by Crippen LogP contribution is -2.21. The van der Waals surface area contributed by atoms with E-state index in [9.17, 15) is 4.79 Å². The number of halogens is 1. The summed E-state index contributed by atoms with van der Waals surface area (Å²) in [6.45, 7) is 6.02. The molecule has 0 radical (unpaired) electrons. The molecule has 0 amide bonds. The molecule has 1 aromatic carbocycles. The van der Waals surface area contributed by atoms with Gasteiger partial charge >= 0.3 is 5.69 Å². The van der Waals surface area contributed by atoms with Gasteiger partial charge in [0.05, 0.1) is 39.8 Å². The van der Waals surface area contributed by atoms with Crippen molar-refractivity contribution in [3.63, 3.8) is 0 Å². The number of nitrogen functional groups attached to an aromatic ring is 1. The van der Waals surface area contributed by atoms with Crippen LogP contribution in [0.1, 0.15) is 25.6 Å². The van der Waals surface area contributed by atoms with Crippen molar-refractivity contribution in [3.8, 4) is 16.8 Å². The fourth-order valence-electron chi connectivity index (χ4n) is 3.98. The molecule has 4 aromatic heterocycles. The number of benzene rings is 1. The van der Waals surface area contributed by atoms with Crippen LogP contribution in [-0.4, -0.2) is 28.9 Å². The van der Waals surface area contributed by atoms with Crippen LogP contribution in [-0.2, 0) is 7.05 Å². The minimum absolute atomic E-state index is 0.150. The standard InChI is InChI=1S/C23H22ClN7O/c1-12(2)30-11-20(13(3)28-30)31-21-16-7-14(15-8-17(25)22(24)27-9-15)5-6-18(16)26-10-19(21)29(4)23(31)32/h5-12H,25H2,1-4H3. The van der Waals surface area contributed by atoms with E-state index in [-0.39, 0.29) is 16.9 Å². The summed E-state index contributed by atoms with van der Waals surface area (Å²) in [6.07, 6.45) is 5.34. The number of hydrogen-bond donors (Lipinski definition) is 1. The van der Waals surface area contributed by atoms with Crippen molar-refractivity contribution in [1.29, 1.82) is 0 Å². The number of fused-ring (bicyclic) bond motifs is 3. The van der Waals surface area contributed by atoms with E-state index in [2.05, 4.69) is 28.9 Å². The van der Waals surface area contributed by atoms with Crippen molar-refractivity contribution < 1.29 is 0 Å². The maximum Gasteiger partial charge on any atom is 0.333 e. The lowest BCUT2D eigenvalue weighted by atomic mass is 10.0. The monoisotopic (exact) mass is 447 g/mol. The Morgan fingerprint density at radius 2 is 1.88 bits per heavy atom. The van der Waals surface area contributed by atoms with Crippen molar-refractivity contribution in [3.05, 3.63) is 64.2 Å². The van der Waals surface area contributed by atoms with Crippen molar-refractivity contribution in [2.45, 2.75) is 26.8 Å². The Kier molecular flexibility index (Phi) is 4.56. The first-order valence-corrected chi connectivity index (χ1v) is 10.6. The van der Waals surface area contributed by atoms with Gasteiger partial charge < -0.3 is 5.73 Å². The van der Waals surface area contributed by atoms with Crippen molar-refractivity contribution in [1.82, 2.24) is 28.9 Å². The molecular weight excluding hydrogens is 426 g/mol. The molecule has 4 heterocycles. The van der Waals surface area contributed by atoms with Gasteiger partial charge in [-0.1, -0.05) is 17.7 Å². The summed E-state index contributed by atoms with van der Waals surface area (Å²) in [6, 6.07) is 7.87. The van der Waals surface area contributed by atoms with Gasteiger partial charge in [-0.3, -0.25) is 18.8 Å². The lowest BCUT2D eigenvalue weighted by molar-refractivity contribution is 0.529. The van der Waals surface area contributed by atoms with E-state index in [1.807, 2.05) is 36.0 Å². The van der Waals surface area contributed by atoms with Crippen LogP contribution in [0.5, 0.6) is 0 Å². The highest BCUT2D eigenvalue weighted by atomic mass is 35.5. The SMILES string of the molecule is Cc1nn(C(C)C)cc1-n1c(=O)n(C)c2cnc3ccc(-c4cnc(Cl)c(N)c4)cc3c21. The van der Waals surface area contributed by atoms with Crippen LogP contribution in [0.15, 0.2) is 47.7 Å². The quantitative estimate of drug-likeness (QED) is 0.417. The molecule has 0 bridgehead atoms. The smallest absolute Gasteiger partial charge is 0.333 e. The van der Waals surface area contributed by atoms with Crippen molar-refractivity contribution >= 4 is 39.2 Å². The van der Waals surface area contributed by atoms with Gasteiger partial charge in [-0.25, -0.2) is 9.78 Å². The molecule has 0 saturated carbocycles. The Balaban J connectivity index is 1.85. The Hall–Kier alpha value is -3.65. The fraction of sp³-hybridized carbons (Fsp3) is 0.217. The second-order valence-electron chi connectivity index (χ2n) is 8.18. The molecule has 0 aliphatic rings. The molecule has 0 atom stereocenters. The van der Waals surface area contributed by atoms with Crippen LogP contribution in [0, 0.1) is 6.92 Å². The third-order valence-corrected chi connectivity index (χ3v) is 6.06. The number of pyridine rings is 2. The fourth-order valence-corrected chi connectivity index (χ4v) is 4.08. The third-order valence-electron chi connectivity index (χ3n) is 5.74. The summed E-state index contributed by atoms with van der Waals surface area (Å²) in [5, 5.41) is 5.73. The topological polar surface area (TPSA) is 96.5 Å². The average molecular weight is 448 g/mol. The summed E-state index contributed by atoms with van der Waals surface area (Å²) in [5.74, 6) is 0. The van der Waals surface area contributed by atoms with E-state index in [0.29, 0.717) is 5.69 Å². The molecule has 162 valence electrons. The molecule has 0 aliphatic heterocycles. The van der Waals surface area contributed by atoms with E-state index >= 15 is 0 Å². The molecule has 0 spiro atoms. The zero-order valence-electron chi connectivity index (χ0n) is 18.2. The lowest BCUT2D eigenvalue weighted by Gasteiger charge is -2.08. The Morgan fingerprint density at radius 1 is 1.09 bits per heavy atom. The maximum atomic E-state index is 13.3. The highest BCUT2D eigenvalue weighted by Gasteiger charge is 2.20. The minimum atomic E-state index is -0.150. The number of aryl methyl sites for hydroxylation is 2. The van der Waals surface area contributed by atoms with E-state index in [1.54, 1.807) is 34.6 Å². The van der Waals surface area contributed by atoms with E-state index in [4.69, 9.17) is 17.3 Å². The summed E-state index contributed by atoms with van der Waals surface area (Å²) < 4.78 is 5.20. The first kappa shape index (κ1) is 20.3. The van der Waals surface area contributed by atoms with Gasteiger partial charge in [-0.15, -0.1) is 0 Å². The van der Waals surface area contributed by atoms with Gasteiger partial charge in [0, 0.05) is 36.4 Å². The molecule has 0 saturated heterocycles. The number of nitrogens with zero attached hydrogens (tertiary/aromatic N) is 6. The zero-order valence-corrected chi connectivity index (χ0v) is 18.9. The van der Waals surface area contributed by atoms with E-state index < -0.39 is 0 Å². The van der Waals surface area contributed by atoms with Crippen LogP contribution in [0.25, 0.3) is 38.8 Å². The minimum Gasteiger partial charge on any atom is -0.396 e. The number of aromatic nitrogens is 6. The number of nitrogens with two attached hydrogens (primary N) is 1. The first-order valence-electron chi connectivity index (χ1n) is 10.2. The Labute approximate surface area is 188 Å². The van der Waals surface area contributed by atoms with Crippen LogP contribution in [0.3, 0.4) is 0 Å². The molecule has 8 nitrogen and oxygen atoms in total. The number of imidazole rings is 1. The van der Waals surface area contributed by atoms with Crippen LogP contribution >= 0.6 is 11.6 Å². The predicted molar refractivity (Wildman–Crippen MR) is 127 cm³/mol. The zero-order chi connectivity index (χ0) is 22.7. The maximum absolute atomic E-state index is 13.3. The molecule has 0 unspecified atom stereocenters. The molecule has 32 heavy (non-hydrogen) atoms. The summed E-state index contributed by atoms with van der Waals surface area (Å²) in [4.78, 5) is 22.1. The Morgan fingerprint density at radius 3 is 2.56 bits per heavy atom. The van der Waals surface area contributed by atoms with E-state index in [1.165, 1.54) is 0 Å². The highest BCUT2D eigenvalue weighted by Crippen LogP contribution is 2.31. The van der Waals surface area contributed by atoms with E-state index in [0.717, 1.165) is 44.4 Å². The summed E-state index contributed by atoms with van der Waals surface area (Å²) in [5.41, 5.74) is 11.8. The first-order chi connectivity index (χ1) is 15.3. The van der Waals surface area contributed by atoms with Gasteiger partial charge in [0.15, 0.2) is 5.15 Å². The van der Waals surface area contributed by atoms with Gasteiger partial charge in [-0.05, 0) is 44.5 Å². The second kappa shape index (κ2) is 7.20. The van der Waals surface area contributed by atoms with Crippen molar-refractivity contribution in [2.24, 2.45) is 7.05 Å². The van der Waals surface area contributed by atoms with Gasteiger partial charge in [0.25, 0.3) is 0 Å². The molecule has 0 fully saturated rings. The summed E-state index contributed by atoms with van der Waals surface area (Å²) in [7, 11) is 1.75. The molecule has 2 N–H and O–H groups in total. The number of rotatable bonds is 3. The predicted octanol–water partition coefficient (Wildman–Crippen LogP) is 4.26. The van der Waals surface area contributed by atoms with Crippen LogP contribution < -0.4 is 11.4 Å². The number of anilines is 1. The second-order valence-corrected chi connectivity index (χ2v) is 8.54. The molecule has 5 aromatic rings. The van der Waals surface area contributed by atoms with Gasteiger partial charge in [0.1, 0.15) is 0 Å². The molecule has 9 heteroatoms. The van der Waals surface area contributed by atoms with Gasteiger partial charge in [-0.2, -0.15) is 5.10 Å². The third kappa shape index (κ3) is 2.98. The molecule has 5 rings (SSSR count). The average Bonchev–Trinajstić information content (AvgIpc) is 3.27. The Bertz CT molecular complexity index is 1580. The normalized spacial score (nSPS) is 11.8. The van der Waals surface area contributed by atoms with Crippen molar-refractivity contribution in [2.75, 3.05) is 5.73 Å². The largest absolute Gasteiger partial charge is 0.396 e. The molecular formula is C23H22ClN7O. The molecule has 0 aliphatic carbocycles. The highest BCUT2D eigenvalue weighted by molar-refractivity contribution is 6.31. The summed E-state index contributed by atoms with van der Waals surface area (Å²) >= 11 is 5.99. The number of hydrogen-bond acceptors (Lipinski definition) is 5. The van der Waals surface area contributed by atoms with Crippen LogP contribution in [0.2, 0.25) is 5.15 Å².